The largest absolute Gasteiger partial charge is 0.387 e. The van der Waals surface area contributed by atoms with E-state index < -0.39 is 47.7 Å². The molecule has 9 heteroatoms. The van der Waals surface area contributed by atoms with Gasteiger partial charge in [0.15, 0.2) is 12.0 Å². The molecule has 2 rings (SSSR count). The van der Waals surface area contributed by atoms with Gasteiger partial charge in [-0.15, -0.1) is 0 Å². The van der Waals surface area contributed by atoms with Gasteiger partial charge in [-0.3, -0.25) is 19.1 Å². The first kappa shape index (κ1) is 14.6. The van der Waals surface area contributed by atoms with Gasteiger partial charge in [0.05, 0.1) is 0 Å². The van der Waals surface area contributed by atoms with Crippen molar-refractivity contribution in [1.29, 1.82) is 0 Å². The molecule has 0 amide bonds. The minimum absolute atomic E-state index is 0.625. The Kier molecular flexibility index (Phi) is 3.86. The van der Waals surface area contributed by atoms with E-state index in [1.54, 1.807) is 0 Å². The van der Waals surface area contributed by atoms with Crippen molar-refractivity contribution in [3.8, 4) is 0 Å². The normalized spacial score (nSPS) is 31.2. The number of carbonyl (C=O) groups excluding carboxylic acids is 1. The molecule has 1 unspecified atom stereocenters. The third-order valence-corrected chi connectivity index (χ3v) is 3.13. The maximum Gasteiger partial charge on any atom is 0.330 e. The van der Waals surface area contributed by atoms with E-state index in [1.807, 2.05) is 4.98 Å². The number of aliphatic hydroxyl groups is 3. The zero-order valence-corrected chi connectivity index (χ0v) is 10.5. The smallest absolute Gasteiger partial charge is 0.330 e. The molecule has 0 bridgehead atoms. The number of hydrogen-bond donors (Lipinski definition) is 4. The molecule has 1 aliphatic heterocycles. The lowest BCUT2D eigenvalue weighted by Gasteiger charge is -2.18. The van der Waals surface area contributed by atoms with Crippen molar-refractivity contribution in [3.05, 3.63) is 33.1 Å². The summed E-state index contributed by atoms with van der Waals surface area (Å²) in [5.74, 6) is -0.643. The Balaban J connectivity index is 2.33. The Labute approximate surface area is 112 Å². The molecule has 1 fully saturated rings. The van der Waals surface area contributed by atoms with E-state index in [0.717, 1.165) is 23.8 Å². The van der Waals surface area contributed by atoms with Crippen molar-refractivity contribution in [2.45, 2.75) is 37.6 Å². The number of nitrogens with one attached hydrogen (secondary N) is 1. The molecule has 0 aliphatic carbocycles. The quantitative estimate of drug-likeness (QED) is 0.467. The van der Waals surface area contributed by atoms with Crippen LogP contribution in [-0.2, 0) is 9.53 Å². The van der Waals surface area contributed by atoms with Gasteiger partial charge in [-0.05, 0) is 6.92 Å². The van der Waals surface area contributed by atoms with E-state index in [9.17, 15) is 29.7 Å². The van der Waals surface area contributed by atoms with E-state index in [4.69, 9.17) is 4.74 Å². The van der Waals surface area contributed by atoms with E-state index >= 15 is 0 Å². The number of aromatic nitrogens is 2. The second-order valence-corrected chi connectivity index (χ2v) is 4.55. The molecule has 2 heterocycles. The number of rotatable bonds is 3. The van der Waals surface area contributed by atoms with Crippen LogP contribution in [0.15, 0.2) is 21.9 Å². The van der Waals surface area contributed by atoms with Crippen LogP contribution in [0.5, 0.6) is 0 Å². The monoisotopic (exact) mass is 286 g/mol. The molecule has 0 aromatic carbocycles. The SMILES string of the molecule is CC(=O)C(O)[C@H]1O[C@@H](n2ccc(=O)[nH]c2=O)[C@H](O)[C@@H]1O. The summed E-state index contributed by atoms with van der Waals surface area (Å²) < 4.78 is 6.05. The van der Waals surface area contributed by atoms with Gasteiger partial charge in [0.25, 0.3) is 5.56 Å². The molecule has 0 spiro atoms. The second kappa shape index (κ2) is 5.29. The molecule has 5 atom stereocenters. The average molecular weight is 286 g/mol. The highest BCUT2D eigenvalue weighted by molar-refractivity contribution is 5.80. The predicted molar refractivity (Wildman–Crippen MR) is 63.9 cm³/mol. The van der Waals surface area contributed by atoms with Crippen molar-refractivity contribution >= 4 is 5.78 Å². The lowest BCUT2D eigenvalue weighted by molar-refractivity contribution is -0.139. The standard InChI is InChI=1S/C11H14N2O7/c1-4(14)6(16)9-7(17)8(18)10(20-9)13-3-2-5(15)12-11(13)19/h2-3,6-10,16-18H,1H3,(H,12,15,19)/t6?,7-,8+,9+,10+/m0/s1. The van der Waals surface area contributed by atoms with Crippen LogP contribution < -0.4 is 11.2 Å². The molecule has 1 saturated heterocycles. The minimum atomic E-state index is -1.62. The van der Waals surface area contributed by atoms with E-state index in [-0.39, 0.29) is 0 Å². The molecule has 1 aromatic heterocycles. The minimum Gasteiger partial charge on any atom is -0.387 e. The molecule has 20 heavy (non-hydrogen) atoms. The number of ketones is 1. The fourth-order valence-electron chi connectivity index (χ4n) is 2.04. The van der Waals surface area contributed by atoms with Crippen LogP contribution in [0.25, 0.3) is 0 Å². The molecular weight excluding hydrogens is 272 g/mol. The summed E-state index contributed by atoms with van der Waals surface area (Å²) in [6, 6.07) is 1.04. The molecule has 1 aromatic rings. The van der Waals surface area contributed by atoms with Gasteiger partial charge in [0.1, 0.15) is 24.4 Å². The fourth-order valence-corrected chi connectivity index (χ4v) is 2.04. The van der Waals surface area contributed by atoms with Gasteiger partial charge in [0, 0.05) is 12.3 Å². The van der Waals surface area contributed by atoms with Crippen LogP contribution in [0, 0.1) is 0 Å². The molecule has 4 N–H and O–H groups in total. The van der Waals surface area contributed by atoms with E-state index in [2.05, 4.69) is 0 Å². The Morgan fingerprint density at radius 1 is 1.40 bits per heavy atom. The highest BCUT2D eigenvalue weighted by atomic mass is 16.6. The van der Waals surface area contributed by atoms with Gasteiger partial charge in [0.2, 0.25) is 0 Å². The van der Waals surface area contributed by atoms with E-state index in [1.165, 1.54) is 0 Å². The van der Waals surface area contributed by atoms with Crippen molar-refractivity contribution in [2.24, 2.45) is 0 Å². The van der Waals surface area contributed by atoms with Crippen LogP contribution in [0.1, 0.15) is 13.2 Å². The highest BCUT2D eigenvalue weighted by Gasteiger charge is 2.48. The Bertz CT molecular complexity index is 622. The number of Topliss-reactive ketones (excluding diaryl/α,β-unsaturated/α-hetero) is 1. The third kappa shape index (κ3) is 2.43. The Hall–Kier alpha value is -1.81. The van der Waals surface area contributed by atoms with Gasteiger partial charge in [-0.1, -0.05) is 0 Å². The van der Waals surface area contributed by atoms with Crippen molar-refractivity contribution in [1.82, 2.24) is 9.55 Å². The average Bonchev–Trinajstić information content (AvgIpc) is 2.66. The summed E-state index contributed by atoms with van der Waals surface area (Å²) in [6.45, 7) is 1.10. The molecule has 9 nitrogen and oxygen atoms in total. The second-order valence-electron chi connectivity index (χ2n) is 4.55. The van der Waals surface area contributed by atoms with Gasteiger partial charge >= 0.3 is 5.69 Å². The van der Waals surface area contributed by atoms with Crippen molar-refractivity contribution in [3.63, 3.8) is 0 Å². The zero-order valence-electron chi connectivity index (χ0n) is 10.5. The fraction of sp³-hybridized carbons (Fsp3) is 0.545. The lowest BCUT2D eigenvalue weighted by Crippen LogP contribution is -2.42. The topological polar surface area (TPSA) is 142 Å². The highest BCUT2D eigenvalue weighted by Crippen LogP contribution is 2.30. The Morgan fingerprint density at radius 3 is 2.60 bits per heavy atom. The van der Waals surface area contributed by atoms with Crippen LogP contribution in [0.3, 0.4) is 0 Å². The first-order chi connectivity index (χ1) is 9.32. The lowest BCUT2D eigenvalue weighted by atomic mass is 10.0. The summed E-state index contributed by atoms with van der Waals surface area (Å²) in [4.78, 5) is 35.6. The summed E-state index contributed by atoms with van der Waals surface area (Å²) in [5.41, 5.74) is -1.47. The maximum absolute atomic E-state index is 11.6. The molecule has 1 aliphatic rings. The molecule has 0 radical (unpaired) electrons. The summed E-state index contributed by atoms with van der Waals surface area (Å²) in [5, 5.41) is 29.2. The predicted octanol–water partition coefficient (Wildman–Crippen LogP) is -2.89. The van der Waals surface area contributed by atoms with Crippen LogP contribution in [0.2, 0.25) is 0 Å². The van der Waals surface area contributed by atoms with E-state index in [0.29, 0.717) is 0 Å². The first-order valence-corrected chi connectivity index (χ1v) is 5.84. The first-order valence-electron chi connectivity index (χ1n) is 5.84. The number of carbonyl (C=O) groups is 1. The van der Waals surface area contributed by atoms with Crippen LogP contribution >= 0.6 is 0 Å². The molecule has 0 saturated carbocycles. The summed E-state index contributed by atoms with van der Waals surface area (Å²) >= 11 is 0. The maximum atomic E-state index is 11.6. The molecular formula is C11H14N2O7. The van der Waals surface area contributed by atoms with Gasteiger partial charge < -0.3 is 20.1 Å². The Morgan fingerprint density at radius 2 is 2.05 bits per heavy atom. The number of hydrogen-bond acceptors (Lipinski definition) is 7. The number of nitrogens with zero attached hydrogens (tertiary/aromatic N) is 1. The van der Waals surface area contributed by atoms with Crippen molar-refractivity contribution in [2.75, 3.05) is 0 Å². The summed E-state index contributed by atoms with van der Waals surface area (Å²) in [7, 11) is 0. The van der Waals surface area contributed by atoms with Crippen LogP contribution in [0.4, 0.5) is 0 Å². The van der Waals surface area contributed by atoms with Crippen molar-refractivity contribution < 1.29 is 24.9 Å². The molecule has 110 valence electrons. The number of H-pyrrole nitrogens is 1. The van der Waals surface area contributed by atoms with Gasteiger partial charge in [-0.2, -0.15) is 0 Å². The summed E-state index contributed by atoms with van der Waals surface area (Å²) in [6.07, 6.45) is -6.28. The third-order valence-electron chi connectivity index (χ3n) is 3.13. The van der Waals surface area contributed by atoms with Crippen LogP contribution in [-0.4, -0.2) is 55.1 Å². The zero-order chi connectivity index (χ0) is 15.0. The number of ether oxygens (including phenoxy) is 1. The number of aliphatic hydroxyl groups excluding tert-OH is 3. The number of aromatic amines is 1. The van der Waals surface area contributed by atoms with Gasteiger partial charge in [-0.25, -0.2) is 4.79 Å².